The summed E-state index contributed by atoms with van der Waals surface area (Å²) >= 11 is 0. The molecule has 3 aromatic rings. The number of hydrogen-bond acceptors (Lipinski definition) is 5. The number of rotatable bonds is 9. The standard InChI is InChI=1S/C23H26N2O4/c1-16-21(23(26)24-12-8-7-11-17-9-5-4-6-10-17)22(29-25-16)18-13-19(27-2)15-20(14-18)28-3/h4-6,9-10,13-15H,7-8,11-12H2,1-3H3,(H,24,26). The molecular weight excluding hydrogens is 368 g/mol. The Kier molecular flexibility index (Phi) is 6.89. The Labute approximate surface area is 170 Å². The van der Waals surface area contributed by atoms with Gasteiger partial charge >= 0.3 is 0 Å². The molecule has 0 fully saturated rings. The molecule has 152 valence electrons. The van der Waals surface area contributed by atoms with Gasteiger partial charge in [0.2, 0.25) is 0 Å². The molecule has 0 spiro atoms. The van der Waals surface area contributed by atoms with E-state index < -0.39 is 0 Å². The zero-order chi connectivity index (χ0) is 20.6. The van der Waals surface area contributed by atoms with Gasteiger partial charge in [0.25, 0.3) is 5.91 Å². The van der Waals surface area contributed by atoms with E-state index in [2.05, 4.69) is 22.6 Å². The van der Waals surface area contributed by atoms with Crippen molar-refractivity contribution < 1.29 is 18.8 Å². The van der Waals surface area contributed by atoms with Gasteiger partial charge in [-0.1, -0.05) is 35.5 Å². The van der Waals surface area contributed by atoms with Crippen molar-refractivity contribution in [1.29, 1.82) is 0 Å². The van der Waals surface area contributed by atoms with Gasteiger partial charge in [-0.25, -0.2) is 0 Å². The Balaban J connectivity index is 1.65. The van der Waals surface area contributed by atoms with Crippen LogP contribution in [-0.4, -0.2) is 31.8 Å². The molecule has 3 rings (SSSR count). The van der Waals surface area contributed by atoms with Crippen molar-refractivity contribution >= 4 is 5.91 Å². The molecule has 0 radical (unpaired) electrons. The normalized spacial score (nSPS) is 10.6. The molecule has 1 heterocycles. The number of nitrogens with one attached hydrogen (secondary N) is 1. The third-order valence-corrected chi connectivity index (χ3v) is 4.72. The van der Waals surface area contributed by atoms with Gasteiger partial charge in [0.1, 0.15) is 17.1 Å². The molecule has 0 unspecified atom stereocenters. The Bertz CT molecular complexity index is 929. The van der Waals surface area contributed by atoms with Gasteiger partial charge in [-0.15, -0.1) is 0 Å². The number of carbonyl (C=O) groups is 1. The molecule has 2 aromatic carbocycles. The number of methoxy groups -OCH3 is 2. The van der Waals surface area contributed by atoms with E-state index in [1.807, 2.05) is 18.2 Å². The summed E-state index contributed by atoms with van der Waals surface area (Å²) in [4.78, 5) is 12.8. The molecule has 0 bridgehead atoms. The lowest BCUT2D eigenvalue weighted by atomic mass is 10.1. The smallest absolute Gasteiger partial charge is 0.257 e. The first kappa shape index (κ1) is 20.5. The van der Waals surface area contributed by atoms with E-state index in [9.17, 15) is 4.79 Å². The van der Waals surface area contributed by atoms with Gasteiger partial charge < -0.3 is 19.3 Å². The van der Waals surface area contributed by atoms with Crippen molar-refractivity contribution in [3.8, 4) is 22.8 Å². The molecule has 1 amide bonds. The summed E-state index contributed by atoms with van der Waals surface area (Å²) in [6.07, 6.45) is 2.90. The highest BCUT2D eigenvalue weighted by molar-refractivity contribution is 6.00. The van der Waals surface area contributed by atoms with Crippen molar-refractivity contribution in [2.45, 2.75) is 26.2 Å². The molecule has 0 aliphatic heterocycles. The number of ether oxygens (including phenoxy) is 2. The van der Waals surface area contributed by atoms with Crippen molar-refractivity contribution in [3.63, 3.8) is 0 Å². The van der Waals surface area contributed by atoms with Crippen molar-refractivity contribution in [2.24, 2.45) is 0 Å². The number of unbranched alkanes of at least 4 members (excludes halogenated alkanes) is 1. The minimum absolute atomic E-state index is 0.194. The van der Waals surface area contributed by atoms with Crippen LogP contribution in [0.4, 0.5) is 0 Å². The van der Waals surface area contributed by atoms with Gasteiger partial charge in [0.05, 0.1) is 19.9 Å². The van der Waals surface area contributed by atoms with Gasteiger partial charge in [0.15, 0.2) is 5.76 Å². The summed E-state index contributed by atoms with van der Waals surface area (Å²) in [6, 6.07) is 15.7. The van der Waals surface area contributed by atoms with E-state index in [0.29, 0.717) is 40.6 Å². The van der Waals surface area contributed by atoms with Crippen molar-refractivity contribution in [2.75, 3.05) is 20.8 Å². The van der Waals surface area contributed by atoms with Crippen LogP contribution in [0.15, 0.2) is 53.1 Å². The summed E-state index contributed by atoms with van der Waals surface area (Å²) in [5.41, 5.74) is 2.96. The highest BCUT2D eigenvalue weighted by Crippen LogP contribution is 2.32. The van der Waals surface area contributed by atoms with Crippen LogP contribution in [0, 0.1) is 6.92 Å². The highest BCUT2D eigenvalue weighted by atomic mass is 16.5. The molecule has 6 nitrogen and oxygen atoms in total. The van der Waals surface area contributed by atoms with Crippen LogP contribution in [0.3, 0.4) is 0 Å². The van der Waals surface area contributed by atoms with Crippen molar-refractivity contribution in [1.82, 2.24) is 10.5 Å². The van der Waals surface area contributed by atoms with Gasteiger partial charge in [-0.2, -0.15) is 0 Å². The fourth-order valence-corrected chi connectivity index (χ4v) is 3.16. The number of amides is 1. The molecule has 0 atom stereocenters. The fourth-order valence-electron chi connectivity index (χ4n) is 3.16. The molecule has 1 aromatic heterocycles. The summed E-state index contributed by atoms with van der Waals surface area (Å²) < 4.78 is 16.1. The molecular formula is C23H26N2O4. The van der Waals surface area contributed by atoms with Crippen LogP contribution in [-0.2, 0) is 6.42 Å². The first-order chi connectivity index (χ1) is 14.1. The minimum Gasteiger partial charge on any atom is -0.497 e. The molecule has 1 N–H and O–H groups in total. The maximum absolute atomic E-state index is 12.8. The Morgan fingerprint density at radius 2 is 1.72 bits per heavy atom. The van der Waals surface area contributed by atoms with E-state index in [-0.39, 0.29) is 5.91 Å². The van der Waals surface area contributed by atoms with E-state index >= 15 is 0 Å². The van der Waals surface area contributed by atoms with E-state index in [1.165, 1.54) is 5.56 Å². The van der Waals surface area contributed by atoms with Crippen LogP contribution in [0.5, 0.6) is 11.5 Å². The lowest BCUT2D eigenvalue weighted by Gasteiger charge is -2.09. The second kappa shape index (κ2) is 9.78. The summed E-state index contributed by atoms with van der Waals surface area (Å²) in [6.45, 7) is 2.35. The number of benzene rings is 2. The quantitative estimate of drug-likeness (QED) is 0.544. The van der Waals surface area contributed by atoms with E-state index in [4.69, 9.17) is 14.0 Å². The predicted octanol–water partition coefficient (Wildman–Crippen LogP) is 4.42. The summed E-state index contributed by atoms with van der Waals surface area (Å²) in [5.74, 6) is 1.43. The van der Waals surface area contributed by atoms with Crippen LogP contribution in [0.2, 0.25) is 0 Å². The third kappa shape index (κ3) is 5.16. The number of nitrogens with zero attached hydrogens (tertiary/aromatic N) is 1. The van der Waals surface area contributed by atoms with Gasteiger partial charge in [-0.05, 0) is 43.9 Å². The Hall–Kier alpha value is -3.28. The number of aryl methyl sites for hydroxylation is 2. The minimum atomic E-state index is -0.194. The second-order valence-electron chi connectivity index (χ2n) is 6.77. The second-order valence-corrected chi connectivity index (χ2v) is 6.77. The van der Waals surface area contributed by atoms with Crippen molar-refractivity contribution in [3.05, 3.63) is 65.4 Å². The SMILES string of the molecule is COc1cc(OC)cc(-c2onc(C)c2C(=O)NCCCCc2ccccc2)c1. The lowest BCUT2D eigenvalue weighted by molar-refractivity contribution is 0.0952. The van der Waals surface area contributed by atoms with Gasteiger partial charge in [0, 0.05) is 18.2 Å². The van der Waals surface area contributed by atoms with E-state index in [0.717, 1.165) is 19.3 Å². The lowest BCUT2D eigenvalue weighted by Crippen LogP contribution is -2.25. The van der Waals surface area contributed by atoms with Gasteiger partial charge in [-0.3, -0.25) is 4.79 Å². The Morgan fingerprint density at radius 3 is 2.38 bits per heavy atom. The molecule has 6 heteroatoms. The third-order valence-electron chi connectivity index (χ3n) is 4.72. The highest BCUT2D eigenvalue weighted by Gasteiger charge is 2.22. The first-order valence-corrected chi connectivity index (χ1v) is 9.64. The largest absolute Gasteiger partial charge is 0.497 e. The fraction of sp³-hybridized carbons (Fsp3) is 0.304. The van der Waals surface area contributed by atoms with Crippen LogP contribution in [0.25, 0.3) is 11.3 Å². The maximum Gasteiger partial charge on any atom is 0.257 e. The maximum atomic E-state index is 12.8. The summed E-state index contributed by atoms with van der Waals surface area (Å²) in [7, 11) is 3.15. The zero-order valence-corrected chi connectivity index (χ0v) is 17.0. The molecule has 0 saturated heterocycles. The molecule has 0 saturated carbocycles. The predicted molar refractivity (Wildman–Crippen MR) is 111 cm³/mol. The number of hydrogen-bond donors (Lipinski definition) is 1. The molecule has 0 aliphatic rings. The van der Waals surface area contributed by atoms with E-state index in [1.54, 1.807) is 39.3 Å². The average Bonchev–Trinajstić information content (AvgIpc) is 3.15. The topological polar surface area (TPSA) is 73.6 Å². The van der Waals surface area contributed by atoms with Crippen LogP contribution >= 0.6 is 0 Å². The van der Waals surface area contributed by atoms with Crippen LogP contribution < -0.4 is 14.8 Å². The molecule has 0 aliphatic carbocycles. The van der Waals surface area contributed by atoms with Crippen LogP contribution in [0.1, 0.15) is 34.5 Å². The monoisotopic (exact) mass is 394 g/mol. The zero-order valence-electron chi connectivity index (χ0n) is 17.0. The number of aromatic nitrogens is 1. The average molecular weight is 394 g/mol. The molecule has 29 heavy (non-hydrogen) atoms. The summed E-state index contributed by atoms with van der Waals surface area (Å²) in [5, 5.41) is 6.97. The number of carbonyl (C=O) groups excluding carboxylic acids is 1. The first-order valence-electron chi connectivity index (χ1n) is 9.64. The Morgan fingerprint density at radius 1 is 1.03 bits per heavy atom.